The normalized spacial score (nSPS) is 9.88. The Hall–Kier alpha value is -1.48. The van der Waals surface area contributed by atoms with E-state index in [1.165, 1.54) is 0 Å². The van der Waals surface area contributed by atoms with Crippen molar-refractivity contribution in [2.75, 3.05) is 6.61 Å². The zero-order valence-electron chi connectivity index (χ0n) is 10.7. The third kappa shape index (κ3) is 5.97. The highest BCUT2D eigenvalue weighted by Gasteiger charge is 2.07. The van der Waals surface area contributed by atoms with Gasteiger partial charge >= 0.3 is 0 Å². The smallest absolute Gasteiger partial charge is 0.129 e. The van der Waals surface area contributed by atoms with Gasteiger partial charge in [0, 0.05) is 17.5 Å². The largest absolute Gasteiger partial charge is 0.395 e. The van der Waals surface area contributed by atoms with E-state index in [9.17, 15) is 0 Å². The van der Waals surface area contributed by atoms with Gasteiger partial charge in [-0.2, -0.15) is 0 Å². The van der Waals surface area contributed by atoms with Gasteiger partial charge in [0.05, 0.1) is 6.61 Å². The number of hydrogen-bond donors (Lipinski definition) is 1. The highest BCUT2D eigenvalue weighted by atomic mass is 28.3. The number of benzene rings is 1. The van der Waals surface area contributed by atoms with Crippen LogP contribution in [0.2, 0.25) is 19.6 Å². The van der Waals surface area contributed by atoms with Crippen molar-refractivity contribution in [1.82, 2.24) is 0 Å². The van der Waals surface area contributed by atoms with Crippen LogP contribution in [0.4, 0.5) is 0 Å². The van der Waals surface area contributed by atoms with Crippen molar-refractivity contribution in [2.24, 2.45) is 0 Å². The maximum atomic E-state index is 8.65. The van der Waals surface area contributed by atoms with Crippen LogP contribution in [-0.2, 0) is 0 Å². The zero-order chi connectivity index (χ0) is 12.7. The van der Waals surface area contributed by atoms with Crippen molar-refractivity contribution in [3.05, 3.63) is 35.4 Å². The van der Waals surface area contributed by atoms with Crippen molar-refractivity contribution in [2.45, 2.75) is 26.1 Å². The quantitative estimate of drug-likeness (QED) is 0.593. The highest BCUT2D eigenvalue weighted by molar-refractivity contribution is 6.83. The van der Waals surface area contributed by atoms with E-state index in [0.717, 1.165) is 11.1 Å². The minimum atomic E-state index is -1.32. The predicted molar refractivity (Wildman–Crippen MR) is 75.2 cm³/mol. The summed E-state index contributed by atoms with van der Waals surface area (Å²) in [5.74, 6) is 9.14. The van der Waals surface area contributed by atoms with Gasteiger partial charge in [0.1, 0.15) is 8.07 Å². The molecule has 88 valence electrons. The minimum absolute atomic E-state index is 0.113. The first-order chi connectivity index (χ1) is 8.01. The highest BCUT2D eigenvalue weighted by Crippen LogP contribution is 2.04. The standard InChI is InChI=1S/C15H18OSi/c1-17(2,3)12-10-15-9-6-8-14(13-15)7-4-5-11-16/h6,8-9,13,16H,5,11H2,1-3H3. The molecule has 17 heavy (non-hydrogen) atoms. The van der Waals surface area contributed by atoms with Crippen LogP contribution >= 0.6 is 0 Å². The molecule has 0 saturated heterocycles. The average molecular weight is 242 g/mol. The number of hydrogen-bond acceptors (Lipinski definition) is 1. The summed E-state index contributed by atoms with van der Waals surface area (Å²) in [7, 11) is -1.32. The van der Waals surface area contributed by atoms with E-state index in [2.05, 4.69) is 42.9 Å². The molecule has 0 aromatic heterocycles. The van der Waals surface area contributed by atoms with Gasteiger partial charge < -0.3 is 5.11 Å². The molecule has 0 spiro atoms. The lowest BCUT2D eigenvalue weighted by molar-refractivity contribution is 0.305. The van der Waals surface area contributed by atoms with Crippen molar-refractivity contribution in [3.8, 4) is 23.3 Å². The first-order valence-electron chi connectivity index (χ1n) is 5.74. The maximum Gasteiger partial charge on any atom is 0.129 e. The van der Waals surface area contributed by atoms with Crippen LogP contribution in [0.25, 0.3) is 0 Å². The van der Waals surface area contributed by atoms with Crippen molar-refractivity contribution in [1.29, 1.82) is 0 Å². The molecule has 0 saturated carbocycles. The van der Waals surface area contributed by atoms with Gasteiger partial charge in [0.25, 0.3) is 0 Å². The first kappa shape index (κ1) is 13.6. The summed E-state index contributed by atoms with van der Waals surface area (Å²) < 4.78 is 0. The molecule has 1 aromatic rings. The lowest BCUT2D eigenvalue weighted by Crippen LogP contribution is -2.16. The van der Waals surface area contributed by atoms with Gasteiger partial charge in [-0.05, 0) is 18.2 Å². The van der Waals surface area contributed by atoms with Crippen LogP contribution in [0.15, 0.2) is 24.3 Å². The Bertz CT molecular complexity index is 489. The van der Waals surface area contributed by atoms with Crippen LogP contribution < -0.4 is 0 Å². The molecule has 2 heteroatoms. The molecule has 0 aliphatic heterocycles. The Morgan fingerprint density at radius 1 is 1.12 bits per heavy atom. The predicted octanol–water partition coefficient (Wildman–Crippen LogP) is 2.65. The average Bonchev–Trinajstić information content (AvgIpc) is 2.27. The summed E-state index contributed by atoms with van der Waals surface area (Å²) in [5, 5.41) is 8.65. The summed E-state index contributed by atoms with van der Waals surface area (Å²) in [6.07, 6.45) is 0.519. The van der Waals surface area contributed by atoms with E-state index in [4.69, 9.17) is 5.11 Å². The monoisotopic (exact) mass is 242 g/mol. The van der Waals surface area contributed by atoms with E-state index in [-0.39, 0.29) is 6.61 Å². The summed E-state index contributed by atoms with van der Waals surface area (Å²) in [6, 6.07) is 7.93. The molecule has 0 radical (unpaired) electrons. The molecule has 1 nitrogen and oxygen atoms in total. The molecule has 0 bridgehead atoms. The van der Waals surface area contributed by atoms with Crippen LogP contribution in [0.5, 0.6) is 0 Å². The first-order valence-corrected chi connectivity index (χ1v) is 9.24. The zero-order valence-corrected chi connectivity index (χ0v) is 11.7. The minimum Gasteiger partial charge on any atom is -0.395 e. The molecular formula is C15H18OSi. The molecule has 0 amide bonds. The summed E-state index contributed by atoms with van der Waals surface area (Å²) in [6.45, 7) is 6.79. The fourth-order valence-corrected chi connectivity index (χ4v) is 1.67. The third-order valence-electron chi connectivity index (χ3n) is 1.91. The molecule has 1 rings (SSSR count). The van der Waals surface area contributed by atoms with E-state index >= 15 is 0 Å². The van der Waals surface area contributed by atoms with Gasteiger partial charge in [-0.3, -0.25) is 0 Å². The molecular weight excluding hydrogens is 224 g/mol. The van der Waals surface area contributed by atoms with Crippen molar-refractivity contribution < 1.29 is 5.11 Å². The molecule has 0 aliphatic rings. The fraction of sp³-hybridized carbons (Fsp3) is 0.333. The van der Waals surface area contributed by atoms with Gasteiger partial charge in [0.15, 0.2) is 0 Å². The molecule has 0 aliphatic carbocycles. The Morgan fingerprint density at radius 3 is 2.35 bits per heavy atom. The van der Waals surface area contributed by atoms with Crippen LogP contribution in [-0.4, -0.2) is 19.8 Å². The molecule has 0 atom stereocenters. The van der Waals surface area contributed by atoms with Crippen molar-refractivity contribution >= 4 is 8.07 Å². The Morgan fingerprint density at radius 2 is 1.76 bits per heavy atom. The number of aliphatic hydroxyl groups excluding tert-OH is 1. The molecule has 0 heterocycles. The van der Waals surface area contributed by atoms with Gasteiger partial charge in [-0.25, -0.2) is 0 Å². The number of aliphatic hydroxyl groups is 1. The second-order valence-corrected chi connectivity index (χ2v) is 9.61. The van der Waals surface area contributed by atoms with Gasteiger partial charge in [-0.1, -0.05) is 43.5 Å². The SMILES string of the molecule is C[Si](C)(C)C#Cc1cccc(C#CCCO)c1. The summed E-state index contributed by atoms with van der Waals surface area (Å²) >= 11 is 0. The summed E-state index contributed by atoms with van der Waals surface area (Å²) in [4.78, 5) is 0. The molecule has 1 aromatic carbocycles. The lowest BCUT2D eigenvalue weighted by atomic mass is 10.1. The third-order valence-corrected chi connectivity index (χ3v) is 2.79. The Balaban J connectivity index is 2.87. The van der Waals surface area contributed by atoms with Crippen molar-refractivity contribution in [3.63, 3.8) is 0 Å². The van der Waals surface area contributed by atoms with Gasteiger partial charge in [-0.15, -0.1) is 5.54 Å². The van der Waals surface area contributed by atoms with E-state index in [1.54, 1.807) is 0 Å². The Kier molecular flexibility index (Phi) is 5.03. The second kappa shape index (κ2) is 6.30. The molecule has 0 fully saturated rings. The fourth-order valence-electron chi connectivity index (χ4n) is 1.15. The topological polar surface area (TPSA) is 20.2 Å². The summed E-state index contributed by atoms with van der Waals surface area (Å²) in [5.41, 5.74) is 5.31. The molecule has 1 N–H and O–H groups in total. The van der Waals surface area contributed by atoms with Crippen LogP contribution in [0, 0.1) is 23.3 Å². The second-order valence-electron chi connectivity index (χ2n) is 4.86. The van der Waals surface area contributed by atoms with E-state index in [0.29, 0.717) is 6.42 Å². The maximum absolute atomic E-state index is 8.65. The van der Waals surface area contributed by atoms with Gasteiger partial charge in [0.2, 0.25) is 0 Å². The van der Waals surface area contributed by atoms with E-state index in [1.807, 2.05) is 24.3 Å². The lowest BCUT2D eigenvalue weighted by Gasteiger charge is -2.03. The Labute approximate surface area is 105 Å². The van der Waals surface area contributed by atoms with Crippen LogP contribution in [0.1, 0.15) is 17.5 Å². The molecule has 0 unspecified atom stereocenters. The van der Waals surface area contributed by atoms with Crippen LogP contribution in [0.3, 0.4) is 0 Å². The number of rotatable bonds is 1. The van der Waals surface area contributed by atoms with E-state index < -0.39 is 8.07 Å².